The first kappa shape index (κ1) is 16.9. The Morgan fingerprint density at radius 3 is 2.52 bits per heavy atom. The number of benzene rings is 2. The van der Waals surface area contributed by atoms with Crippen LogP contribution < -0.4 is 14.8 Å². The van der Waals surface area contributed by atoms with Crippen LogP contribution in [0.1, 0.15) is 10.5 Å². The summed E-state index contributed by atoms with van der Waals surface area (Å²) in [5.41, 5.74) is 1.50. The van der Waals surface area contributed by atoms with Crippen LogP contribution in [0, 0.1) is 5.82 Å². The molecule has 0 spiro atoms. The summed E-state index contributed by atoms with van der Waals surface area (Å²) in [7, 11) is 2.98. The molecular weight excluding hydrogens is 343 g/mol. The molecule has 25 heavy (non-hydrogen) atoms. The Labute approximate surface area is 148 Å². The number of methoxy groups -OCH3 is 2. The average molecular weight is 358 g/mol. The Kier molecular flexibility index (Phi) is 4.95. The summed E-state index contributed by atoms with van der Waals surface area (Å²) in [5, 5.41) is 5.00. The highest BCUT2D eigenvalue weighted by atomic mass is 32.1. The van der Waals surface area contributed by atoms with Gasteiger partial charge in [-0.05, 0) is 36.4 Å². The van der Waals surface area contributed by atoms with Gasteiger partial charge in [0.25, 0.3) is 5.91 Å². The quantitative estimate of drug-likeness (QED) is 0.742. The molecule has 1 aromatic heterocycles. The monoisotopic (exact) mass is 358 g/mol. The standard InChI is InChI=1S/C18H15FN2O3S/c1-23-13-6-3-11(4-7-13)18-21-15(10-25-18)17(22)20-12-5-8-16(24-2)14(19)9-12/h3-10H,1-2H3,(H,20,22). The van der Waals surface area contributed by atoms with Gasteiger partial charge in [0, 0.05) is 22.7 Å². The first-order chi connectivity index (χ1) is 12.1. The van der Waals surface area contributed by atoms with E-state index in [-0.39, 0.29) is 11.4 Å². The third-order valence-corrected chi connectivity index (χ3v) is 4.37. The van der Waals surface area contributed by atoms with Crippen molar-refractivity contribution in [2.45, 2.75) is 0 Å². The van der Waals surface area contributed by atoms with Crippen molar-refractivity contribution in [3.63, 3.8) is 0 Å². The predicted molar refractivity (Wildman–Crippen MR) is 95.0 cm³/mol. The van der Waals surface area contributed by atoms with Crippen LogP contribution in [0.4, 0.5) is 10.1 Å². The summed E-state index contributed by atoms with van der Waals surface area (Å²) in [6.45, 7) is 0. The molecule has 0 saturated heterocycles. The Morgan fingerprint density at radius 1 is 1.12 bits per heavy atom. The van der Waals surface area contributed by atoms with Gasteiger partial charge in [0.1, 0.15) is 16.5 Å². The number of carbonyl (C=O) groups is 1. The van der Waals surface area contributed by atoms with Crippen LogP contribution in [0.2, 0.25) is 0 Å². The van der Waals surface area contributed by atoms with Gasteiger partial charge in [0.15, 0.2) is 11.6 Å². The number of hydrogen-bond donors (Lipinski definition) is 1. The summed E-state index contributed by atoms with van der Waals surface area (Å²) in [5.74, 6) is -0.0775. The molecule has 0 radical (unpaired) electrons. The number of rotatable bonds is 5. The molecule has 1 N–H and O–H groups in total. The minimum Gasteiger partial charge on any atom is -0.497 e. The summed E-state index contributed by atoms with van der Waals surface area (Å²) in [6.07, 6.45) is 0. The topological polar surface area (TPSA) is 60.5 Å². The molecular formula is C18H15FN2O3S. The molecule has 128 valence electrons. The van der Waals surface area contributed by atoms with Gasteiger partial charge in [-0.15, -0.1) is 11.3 Å². The highest BCUT2D eigenvalue weighted by Crippen LogP contribution is 2.26. The summed E-state index contributed by atoms with van der Waals surface area (Å²) >= 11 is 1.36. The summed E-state index contributed by atoms with van der Waals surface area (Å²) < 4.78 is 23.7. The molecule has 1 heterocycles. The second kappa shape index (κ2) is 7.31. The molecule has 1 amide bonds. The largest absolute Gasteiger partial charge is 0.497 e. The fraction of sp³-hybridized carbons (Fsp3) is 0.111. The van der Waals surface area contributed by atoms with Crippen molar-refractivity contribution in [1.82, 2.24) is 4.98 Å². The lowest BCUT2D eigenvalue weighted by atomic mass is 10.2. The van der Waals surface area contributed by atoms with Crippen LogP contribution in [0.25, 0.3) is 10.6 Å². The normalized spacial score (nSPS) is 10.4. The predicted octanol–water partition coefficient (Wildman–Crippen LogP) is 4.22. The van der Waals surface area contributed by atoms with Crippen molar-refractivity contribution in [2.24, 2.45) is 0 Å². The van der Waals surface area contributed by atoms with E-state index in [1.165, 1.54) is 30.6 Å². The van der Waals surface area contributed by atoms with Gasteiger partial charge in [0.05, 0.1) is 14.2 Å². The second-order valence-corrected chi connectivity index (χ2v) is 5.93. The number of ether oxygens (including phenoxy) is 2. The molecule has 0 aliphatic rings. The third-order valence-electron chi connectivity index (χ3n) is 3.48. The van der Waals surface area contributed by atoms with Gasteiger partial charge in [-0.3, -0.25) is 4.79 Å². The van der Waals surface area contributed by atoms with Crippen LogP contribution in [-0.4, -0.2) is 25.1 Å². The number of thiazole rings is 1. The molecule has 0 aliphatic heterocycles. The molecule has 5 nitrogen and oxygen atoms in total. The van der Waals surface area contributed by atoms with Crippen LogP contribution in [0.15, 0.2) is 47.8 Å². The zero-order valence-corrected chi connectivity index (χ0v) is 14.4. The maximum Gasteiger partial charge on any atom is 0.275 e. The van der Waals surface area contributed by atoms with Gasteiger partial charge in [0.2, 0.25) is 0 Å². The molecule has 2 aromatic carbocycles. The maximum absolute atomic E-state index is 13.7. The number of aromatic nitrogens is 1. The third kappa shape index (κ3) is 3.77. The van der Waals surface area contributed by atoms with E-state index in [0.29, 0.717) is 10.7 Å². The Morgan fingerprint density at radius 2 is 1.88 bits per heavy atom. The number of halogens is 1. The van der Waals surface area contributed by atoms with Crippen molar-refractivity contribution in [1.29, 1.82) is 0 Å². The molecule has 3 rings (SSSR count). The minimum absolute atomic E-state index is 0.119. The van der Waals surface area contributed by atoms with Gasteiger partial charge >= 0.3 is 0 Å². The molecule has 0 bridgehead atoms. The smallest absolute Gasteiger partial charge is 0.275 e. The van der Waals surface area contributed by atoms with Crippen molar-refractivity contribution in [2.75, 3.05) is 19.5 Å². The Bertz CT molecular complexity index is 894. The molecule has 0 fully saturated rings. The van der Waals surface area contributed by atoms with E-state index in [2.05, 4.69) is 10.3 Å². The fourth-order valence-corrected chi connectivity index (χ4v) is 2.99. The van der Waals surface area contributed by atoms with E-state index in [1.54, 1.807) is 18.6 Å². The molecule has 0 saturated carbocycles. The minimum atomic E-state index is -0.544. The lowest BCUT2D eigenvalue weighted by Crippen LogP contribution is -2.12. The summed E-state index contributed by atoms with van der Waals surface area (Å²) in [6, 6.07) is 11.6. The number of amides is 1. The van der Waals surface area contributed by atoms with E-state index in [4.69, 9.17) is 9.47 Å². The van der Waals surface area contributed by atoms with Crippen molar-refractivity contribution >= 4 is 22.9 Å². The average Bonchev–Trinajstić information content (AvgIpc) is 3.12. The van der Waals surface area contributed by atoms with E-state index in [1.807, 2.05) is 24.3 Å². The zero-order valence-electron chi connectivity index (χ0n) is 13.6. The second-order valence-electron chi connectivity index (χ2n) is 5.07. The van der Waals surface area contributed by atoms with Crippen LogP contribution >= 0.6 is 11.3 Å². The fourth-order valence-electron chi connectivity index (χ4n) is 2.18. The van der Waals surface area contributed by atoms with Crippen LogP contribution in [0.3, 0.4) is 0 Å². The van der Waals surface area contributed by atoms with Gasteiger partial charge in [-0.25, -0.2) is 9.37 Å². The van der Waals surface area contributed by atoms with E-state index in [0.717, 1.165) is 11.3 Å². The van der Waals surface area contributed by atoms with Crippen molar-refractivity contribution in [3.8, 4) is 22.1 Å². The number of nitrogens with zero attached hydrogens (tertiary/aromatic N) is 1. The number of carbonyl (C=O) groups excluding carboxylic acids is 1. The first-order valence-corrected chi connectivity index (χ1v) is 8.23. The molecule has 0 atom stereocenters. The Hall–Kier alpha value is -2.93. The molecule has 0 unspecified atom stereocenters. The van der Waals surface area contributed by atoms with E-state index >= 15 is 0 Å². The van der Waals surface area contributed by atoms with Gasteiger partial charge < -0.3 is 14.8 Å². The van der Waals surface area contributed by atoms with Crippen LogP contribution in [0.5, 0.6) is 11.5 Å². The van der Waals surface area contributed by atoms with Gasteiger partial charge in [-0.1, -0.05) is 0 Å². The highest BCUT2D eigenvalue weighted by molar-refractivity contribution is 7.13. The molecule has 0 aliphatic carbocycles. The zero-order chi connectivity index (χ0) is 17.8. The summed E-state index contributed by atoms with van der Waals surface area (Å²) in [4.78, 5) is 16.6. The van der Waals surface area contributed by atoms with Crippen molar-refractivity contribution < 1.29 is 18.7 Å². The van der Waals surface area contributed by atoms with Crippen LogP contribution in [-0.2, 0) is 0 Å². The van der Waals surface area contributed by atoms with Gasteiger partial charge in [-0.2, -0.15) is 0 Å². The molecule has 7 heteroatoms. The number of nitrogens with one attached hydrogen (secondary N) is 1. The maximum atomic E-state index is 13.7. The lowest BCUT2D eigenvalue weighted by Gasteiger charge is -2.06. The highest BCUT2D eigenvalue weighted by Gasteiger charge is 2.13. The Balaban J connectivity index is 1.75. The SMILES string of the molecule is COc1ccc(-c2nc(C(=O)Nc3ccc(OC)c(F)c3)cs2)cc1. The molecule has 3 aromatic rings. The number of hydrogen-bond acceptors (Lipinski definition) is 5. The lowest BCUT2D eigenvalue weighted by molar-refractivity contribution is 0.102. The van der Waals surface area contributed by atoms with E-state index in [9.17, 15) is 9.18 Å². The number of anilines is 1. The first-order valence-electron chi connectivity index (χ1n) is 7.35. The van der Waals surface area contributed by atoms with E-state index < -0.39 is 11.7 Å². The van der Waals surface area contributed by atoms with Crippen molar-refractivity contribution in [3.05, 3.63) is 59.4 Å².